The van der Waals surface area contributed by atoms with Crippen molar-refractivity contribution in [2.75, 3.05) is 54.2 Å². The minimum absolute atomic E-state index is 0.0948. The molecule has 0 aliphatic carbocycles. The Hall–Kier alpha value is -7.48. The van der Waals surface area contributed by atoms with Crippen LogP contribution in [0.25, 0.3) is 12.2 Å². The standard InChI is InChI=1S/C37H46O11.C34H42O11/c1-23-16-17-29(45-34(38)25-12-9-8-10-13-25)33-30(47-37(5,6)48-33)15-11-14-26-18-27(41-20-28-21-43-36(3,4)46-28)19-31(42-22-40-7)32(26)35(39)44-24(23)2;1-21-14-15-27(43-32(37)23-10-7-6-8-11-23)31-28(44-34(3,4)45-31)13-9-12-24-16-26(40-19-25(36)18-35)17-29(41-20-39-5)30(24)33(38)42-22(21)2/h8-14,16-19,23-24,28-30,33H,15,20-22H2,1-7H3;6-12,14-17,21-22,25,27-28,31,35-36H,13,18-20H2,1-5H3/b14-11+,17-16-;12-9+,15-14-/t23-,24+,28?,29?,30+,33?;21-,22+,25?,27?,28+,31?/m11/s1. The third-order valence-corrected chi connectivity index (χ3v) is 15.6. The van der Waals surface area contributed by atoms with Crippen molar-refractivity contribution in [1.82, 2.24) is 0 Å². The normalized spacial score (nSPS) is 28.1. The lowest BCUT2D eigenvalue weighted by Crippen LogP contribution is -2.37. The maximum Gasteiger partial charge on any atom is 0.342 e. The number of aliphatic hydroxyl groups excluding tert-OH is 2. The highest BCUT2D eigenvalue weighted by atomic mass is 16.8. The minimum Gasteiger partial charge on any atom is -0.491 e. The van der Waals surface area contributed by atoms with E-state index < -0.39 is 103 Å². The molecule has 2 N–H and O–H groups in total. The number of hydrogen-bond acceptors (Lipinski definition) is 22. The summed E-state index contributed by atoms with van der Waals surface area (Å²) in [5, 5.41) is 19.0. The van der Waals surface area contributed by atoms with Gasteiger partial charge in [-0.05, 0) is 128 Å². The summed E-state index contributed by atoms with van der Waals surface area (Å²) in [5.74, 6) is -4.13. The van der Waals surface area contributed by atoms with E-state index in [1.54, 1.807) is 119 Å². The molecule has 0 spiro atoms. The van der Waals surface area contributed by atoms with Crippen molar-refractivity contribution in [3.05, 3.63) is 155 Å². The molecule has 4 aromatic carbocycles. The molecule has 12 atom stereocenters. The molecule has 5 aliphatic rings. The molecule has 4 aromatic rings. The number of hydrogen-bond donors (Lipinski definition) is 2. The Morgan fingerprint density at radius 3 is 1.42 bits per heavy atom. The lowest BCUT2D eigenvalue weighted by Gasteiger charge is -2.26. The molecule has 504 valence electrons. The van der Waals surface area contributed by atoms with Gasteiger partial charge in [0.2, 0.25) is 0 Å². The number of methoxy groups -OCH3 is 2. The Balaban J connectivity index is 0.000000240. The monoisotopic (exact) mass is 1290 g/mol. The Bertz CT molecular complexity index is 3260. The number of benzene rings is 4. The maximum absolute atomic E-state index is 13.8. The summed E-state index contributed by atoms with van der Waals surface area (Å²) in [6.07, 6.45) is 8.86. The van der Waals surface area contributed by atoms with Crippen LogP contribution in [0, 0.1) is 11.8 Å². The average molecular weight is 1290 g/mol. The topological polar surface area (TPSA) is 256 Å². The van der Waals surface area contributed by atoms with Crippen LogP contribution in [0.3, 0.4) is 0 Å². The second-order valence-corrected chi connectivity index (χ2v) is 24.5. The van der Waals surface area contributed by atoms with Crippen molar-refractivity contribution in [2.24, 2.45) is 11.8 Å². The van der Waals surface area contributed by atoms with Crippen LogP contribution in [0.15, 0.2) is 121 Å². The highest BCUT2D eigenvalue weighted by molar-refractivity contribution is 5.98. The van der Waals surface area contributed by atoms with Crippen LogP contribution in [0.1, 0.15) is 135 Å². The molecule has 93 heavy (non-hydrogen) atoms. The molecule has 0 amide bonds. The molecule has 9 rings (SSSR count). The van der Waals surface area contributed by atoms with Crippen LogP contribution in [-0.2, 0) is 56.8 Å². The van der Waals surface area contributed by atoms with Gasteiger partial charge in [0.25, 0.3) is 0 Å². The smallest absolute Gasteiger partial charge is 0.342 e. The van der Waals surface area contributed by atoms with Gasteiger partial charge in [0.05, 0.1) is 36.5 Å². The van der Waals surface area contributed by atoms with Crippen LogP contribution in [0.5, 0.6) is 23.0 Å². The first-order valence-corrected chi connectivity index (χ1v) is 31.2. The fraction of sp³-hybridized carbons (Fsp3) is 0.493. The van der Waals surface area contributed by atoms with E-state index in [-0.39, 0.29) is 67.4 Å². The van der Waals surface area contributed by atoms with Gasteiger partial charge in [-0.15, -0.1) is 0 Å². The Labute approximate surface area is 543 Å². The number of aliphatic hydroxyl groups is 2. The maximum atomic E-state index is 13.8. The summed E-state index contributed by atoms with van der Waals surface area (Å²) < 4.78 is 94.4. The van der Waals surface area contributed by atoms with Crippen LogP contribution >= 0.6 is 0 Å². The van der Waals surface area contributed by atoms with Gasteiger partial charge in [-0.3, -0.25) is 0 Å². The van der Waals surface area contributed by atoms with Gasteiger partial charge >= 0.3 is 23.9 Å². The van der Waals surface area contributed by atoms with Gasteiger partial charge in [0.15, 0.2) is 30.9 Å². The number of carbonyl (C=O) groups excluding carboxylic acids is 4. The van der Waals surface area contributed by atoms with Crippen molar-refractivity contribution >= 4 is 36.0 Å². The number of ether oxygens (including phenoxy) is 16. The summed E-state index contributed by atoms with van der Waals surface area (Å²) in [7, 11) is 2.95. The predicted molar refractivity (Wildman–Crippen MR) is 339 cm³/mol. The van der Waals surface area contributed by atoms with Crippen molar-refractivity contribution in [3.8, 4) is 23.0 Å². The zero-order chi connectivity index (χ0) is 67.0. The minimum atomic E-state index is -1.10. The van der Waals surface area contributed by atoms with Gasteiger partial charge in [-0.25, -0.2) is 19.2 Å². The molecule has 0 bridgehead atoms. The summed E-state index contributed by atoms with van der Waals surface area (Å²) in [5.41, 5.74) is 2.16. The molecule has 22 nitrogen and oxygen atoms in total. The van der Waals surface area contributed by atoms with Gasteiger partial charge in [-0.2, -0.15) is 0 Å². The van der Waals surface area contributed by atoms with Crippen molar-refractivity contribution in [1.29, 1.82) is 0 Å². The van der Waals surface area contributed by atoms with E-state index in [9.17, 15) is 29.4 Å². The zero-order valence-corrected chi connectivity index (χ0v) is 54.8. The second-order valence-electron chi connectivity index (χ2n) is 24.5. The van der Waals surface area contributed by atoms with Gasteiger partial charge in [0.1, 0.15) is 96.2 Å². The number of carbonyl (C=O) groups is 4. The molecule has 6 unspecified atom stereocenters. The molecule has 0 radical (unpaired) electrons. The van der Waals surface area contributed by atoms with E-state index in [2.05, 4.69) is 0 Å². The Morgan fingerprint density at radius 2 is 1.01 bits per heavy atom. The van der Waals surface area contributed by atoms with Crippen molar-refractivity contribution in [2.45, 2.75) is 160 Å². The fourth-order valence-corrected chi connectivity index (χ4v) is 10.7. The summed E-state index contributed by atoms with van der Waals surface area (Å²) in [6.45, 7) is 18.1. The number of esters is 4. The Kier molecular flexibility index (Phi) is 25.0. The highest BCUT2D eigenvalue weighted by Crippen LogP contribution is 2.39. The molecular formula is C71H88O22. The molecule has 5 aliphatic heterocycles. The van der Waals surface area contributed by atoms with Gasteiger partial charge < -0.3 is 86.0 Å². The summed E-state index contributed by atoms with van der Waals surface area (Å²) >= 11 is 0. The first-order chi connectivity index (χ1) is 44.3. The van der Waals surface area contributed by atoms with E-state index in [1.165, 1.54) is 20.3 Å². The largest absolute Gasteiger partial charge is 0.491 e. The zero-order valence-electron chi connectivity index (χ0n) is 54.8. The van der Waals surface area contributed by atoms with Crippen molar-refractivity contribution in [3.63, 3.8) is 0 Å². The van der Waals surface area contributed by atoms with E-state index in [0.717, 1.165) is 0 Å². The molecule has 0 saturated carbocycles. The highest BCUT2D eigenvalue weighted by Gasteiger charge is 2.47. The van der Waals surface area contributed by atoms with Gasteiger partial charge in [0, 0.05) is 38.2 Å². The van der Waals surface area contributed by atoms with E-state index in [0.29, 0.717) is 53.2 Å². The number of rotatable bonds is 17. The predicted octanol–water partition coefficient (Wildman–Crippen LogP) is 10.4. The van der Waals surface area contributed by atoms with Crippen LogP contribution in [0.2, 0.25) is 0 Å². The lowest BCUT2D eigenvalue weighted by atomic mass is 9.98. The molecule has 5 heterocycles. The number of fused-ring (bicyclic) bond motifs is 4. The third-order valence-electron chi connectivity index (χ3n) is 15.6. The second kappa shape index (κ2) is 32.6. The quantitative estimate of drug-likeness (QED) is 0.0431. The number of cyclic esters (lactones) is 2. The summed E-state index contributed by atoms with van der Waals surface area (Å²) in [6, 6.07) is 24.0. The lowest BCUT2D eigenvalue weighted by molar-refractivity contribution is -0.153. The van der Waals surface area contributed by atoms with Crippen LogP contribution < -0.4 is 18.9 Å². The third kappa shape index (κ3) is 20.0. The fourth-order valence-electron chi connectivity index (χ4n) is 10.7. The Morgan fingerprint density at radius 1 is 0.570 bits per heavy atom. The van der Waals surface area contributed by atoms with E-state index in [1.807, 2.05) is 78.0 Å². The first kappa shape index (κ1) is 71.4. The van der Waals surface area contributed by atoms with Gasteiger partial charge in [-0.1, -0.05) is 86.7 Å². The van der Waals surface area contributed by atoms with E-state index in [4.69, 9.17) is 75.8 Å². The molecule has 3 fully saturated rings. The van der Waals surface area contributed by atoms with E-state index >= 15 is 0 Å². The average Bonchev–Trinajstić information content (AvgIpc) is 1.83. The molecule has 22 heteroatoms. The molecule has 3 saturated heterocycles. The van der Waals surface area contributed by atoms with Crippen LogP contribution in [-0.4, -0.2) is 167 Å². The SMILES string of the molecule is COCOc1cc(OCC(O)CO)cc2c1C(=O)O[C@@H](C)[C@H](C)/C=C\C(OC(=O)c1ccccc1)C1OC(C)(C)O[C@H]1C/C=C/2.COCOc1cc(OCC2COC(C)(C)O2)cc2c1C(=O)O[C@@H](C)[C@H](C)/C=C\C(OC(=O)c1ccccc1)C1OC(C)(C)O[C@H]1C/C=C/2. The molecular weight excluding hydrogens is 1200 g/mol. The summed E-state index contributed by atoms with van der Waals surface area (Å²) in [4.78, 5) is 53.8. The molecule has 0 aromatic heterocycles. The van der Waals surface area contributed by atoms with Crippen molar-refractivity contribution < 1.29 is 105 Å². The first-order valence-electron chi connectivity index (χ1n) is 31.2. The van der Waals surface area contributed by atoms with Crippen LogP contribution in [0.4, 0.5) is 0 Å².